The van der Waals surface area contributed by atoms with Crippen molar-refractivity contribution in [2.75, 3.05) is 13.2 Å². The van der Waals surface area contributed by atoms with Gasteiger partial charge in [0.25, 0.3) is 5.91 Å². The van der Waals surface area contributed by atoms with Crippen molar-refractivity contribution in [3.8, 4) is 0 Å². The van der Waals surface area contributed by atoms with Crippen LogP contribution in [0.25, 0.3) is 5.76 Å². The maximum atomic E-state index is 13.9. The zero-order valence-electron chi connectivity index (χ0n) is 20.9. The number of nitrogens with one attached hydrogen (secondary N) is 2. The number of H-pyrrole nitrogens is 2. The van der Waals surface area contributed by atoms with Crippen molar-refractivity contribution < 1.29 is 28.8 Å². The standard InChI is InChI=1S/C27H30N4O5/c1-5-36-27(35)22-17(3)20(18(4)29-22)24(32)21-23(19-9-7-16(2)8-10-19)31(26(34)25(21)33)13-6-12-30-14-11-28-15-30/h7-11,14-15,23H,5-6,12-13H2,1-4H3,(H2,29,32,33,35). The second kappa shape index (κ2) is 10.2. The first-order chi connectivity index (χ1) is 17.2. The molecule has 3 aromatic rings. The maximum Gasteiger partial charge on any atom is 0.355 e. The number of likely N-dealkylation sites (tertiary alicyclic amines) is 1. The van der Waals surface area contributed by atoms with E-state index in [4.69, 9.17) is 4.74 Å². The summed E-state index contributed by atoms with van der Waals surface area (Å²) in [6.07, 6.45) is 6.10. The van der Waals surface area contributed by atoms with E-state index in [1.807, 2.05) is 48.3 Å². The summed E-state index contributed by atoms with van der Waals surface area (Å²) >= 11 is 0. The van der Waals surface area contributed by atoms with Gasteiger partial charge in [0.15, 0.2) is 0 Å². The molecule has 0 spiro atoms. The fourth-order valence-corrected chi connectivity index (χ4v) is 4.71. The molecule has 1 unspecified atom stereocenters. The molecule has 0 radical (unpaired) electrons. The summed E-state index contributed by atoms with van der Waals surface area (Å²) in [6.45, 7) is 8.08. The number of aromatic amines is 2. The molecule has 4 rings (SSSR count). The molecule has 2 aromatic heterocycles. The molecule has 1 aliphatic heterocycles. The molecule has 1 aromatic carbocycles. The van der Waals surface area contributed by atoms with E-state index < -0.39 is 29.5 Å². The zero-order chi connectivity index (χ0) is 26.0. The molecule has 3 heterocycles. The molecule has 0 bridgehead atoms. The number of imidazole rings is 1. The normalized spacial score (nSPS) is 17.1. The molecule has 1 saturated heterocycles. The van der Waals surface area contributed by atoms with Gasteiger partial charge in [0.2, 0.25) is 12.1 Å². The van der Waals surface area contributed by atoms with Crippen molar-refractivity contribution in [3.63, 3.8) is 0 Å². The van der Waals surface area contributed by atoms with Crippen molar-refractivity contribution in [3.05, 3.63) is 82.2 Å². The summed E-state index contributed by atoms with van der Waals surface area (Å²) in [4.78, 5) is 46.2. The van der Waals surface area contributed by atoms with Gasteiger partial charge in [-0.05, 0) is 44.4 Å². The molecule has 0 aliphatic carbocycles. The first kappa shape index (κ1) is 25.0. The Balaban J connectivity index is 1.78. The lowest BCUT2D eigenvalue weighted by Gasteiger charge is -2.27. The summed E-state index contributed by atoms with van der Waals surface area (Å²) in [5, 5.41) is 13.9. The van der Waals surface area contributed by atoms with Gasteiger partial charge < -0.3 is 19.7 Å². The molecule has 188 valence electrons. The van der Waals surface area contributed by atoms with E-state index in [0.29, 0.717) is 36.3 Å². The summed E-state index contributed by atoms with van der Waals surface area (Å²) in [6, 6.07) is 6.66. The summed E-state index contributed by atoms with van der Waals surface area (Å²) in [7, 11) is 0. The SMILES string of the molecule is CCOC(=O)c1[nH]c(C)c(/C([O-])=C2\C(=O)C(=O)N(CCC[n+]3cc[nH]c3)C2c2ccc(C)cc2)c1C. The highest BCUT2D eigenvalue weighted by atomic mass is 16.5. The van der Waals surface area contributed by atoms with Gasteiger partial charge in [-0.3, -0.25) is 14.6 Å². The van der Waals surface area contributed by atoms with E-state index >= 15 is 0 Å². The molecule has 0 saturated carbocycles. The van der Waals surface area contributed by atoms with Crippen LogP contribution >= 0.6 is 0 Å². The number of amides is 1. The van der Waals surface area contributed by atoms with Crippen LogP contribution in [0.2, 0.25) is 0 Å². The average molecular weight is 491 g/mol. The lowest BCUT2D eigenvalue weighted by Crippen LogP contribution is -2.36. The van der Waals surface area contributed by atoms with E-state index in [1.54, 1.807) is 27.0 Å². The number of aromatic nitrogens is 3. The number of ketones is 1. The number of rotatable bonds is 8. The van der Waals surface area contributed by atoms with Gasteiger partial charge in [0.05, 0.1) is 19.2 Å². The van der Waals surface area contributed by atoms with E-state index in [9.17, 15) is 19.5 Å². The van der Waals surface area contributed by atoms with Gasteiger partial charge in [0.1, 0.15) is 18.1 Å². The number of esters is 1. The van der Waals surface area contributed by atoms with Gasteiger partial charge in [-0.1, -0.05) is 35.6 Å². The third kappa shape index (κ3) is 4.56. The number of ether oxygens (including phenoxy) is 1. The highest BCUT2D eigenvalue weighted by molar-refractivity contribution is 6.46. The minimum absolute atomic E-state index is 0.0984. The van der Waals surface area contributed by atoms with Gasteiger partial charge in [-0.2, -0.15) is 0 Å². The van der Waals surface area contributed by atoms with Crippen LogP contribution in [0.5, 0.6) is 0 Å². The van der Waals surface area contributed by atoms with Gasteiger partial charge in [0, 0.05) is 24.2 Å². The summed E-state index contributed by atoms with van der Waals surface area (Å²) in [5.41, 5.74) is 2.84. The molecular formula is C27H30N4O5. The quantitative estimate of drug-likeness (QED) is 0.165. The predicted octanol–water partition coefficient (Wildman–Crippen LogP) is 2.05. The lowest BCUT2D eigenvalue weighted by atomic mass is 9.93. The van der Waals surface area contributed by atoms with Gasteiger partial charge in [-0.15, -0.1) is 0 Å². The molecule has 1 fully saturated rings. The summed E-state index contributed by atoms with van der Waals surface area (Å²) < 4.78 is 7.04. The van der Waals surface area contributed by atoms with Crippen molar-refractivity contribution in [2.24, 2.45) is 0 Å². The van der Waals surface area contributed by atoms with Crippen LogP contribution < -0.4 is 9.67 Å². The smallest absolute Gasteiger partial charge is 0.355 e. The fraction of sp³-hybridized carbons (Fsp3) is 0.333. The number of nitrogens with zero attached hydrogens (tertiary/aromatic N) is 2. The fourth-order valence-electron chi connectivity index (χ4n) is 4.71. The van der Waals surface area contributed by atoms with Crippen molar-refractivity contribution in [1.82, 2.24) is 14.9 Å². The van der Waals surface area contributed by atoms with E-state index in [-0.39, 0.29) is 23.4 Å². The lowest BCUT2D eigenvalue weighted by molar-refractivity contribution is -0.695. The molecular weight excluding hydrogens is 460 g/mol. The Bertz CT molecular complexity index is 1320. The Kier molecular flexibility index (Phi) is 7.10. The highest BCUT2D eigenvalue weighted by Gasteiger charge is 2.44. The van der Waals surface area contributed by atoms with Crippen LogP contribution in [0.1, 0.15) is 57.8 Å². The number of Topliss-reactive ketones (excluding diaryl/α,β-unsaturated/α-hetero) is 1. The molecule has 9 heteroatoms. The second-order valence-corrected chi connectivity index (χ2v) is 8.93. The molecule has 1 aliphatic rings. The Labute approximate surface area is 209 Å². The number of carbonyl (C=O) groups excluding carboxylic acids is 3. The molecule has 2 N–H and O–H groups in total. The van der Waals surface area contributed by atoms with E-state index in [1.165, 1.54) is 4.90 Å². The molecule has 1 amide bonds. The number of benzene rings is 1. The van der Waals surface area contributed by atoms with Gasteiger partial charge >= 0.3 is 5.97 Å². The largest absolute Gasteiger partial charge is 0.872 e. The Morgan fingerprint density at radius 2 is 1.89 bits per heavy atom. The monoisotopic (exact) mass is 490 g/mol. The predicted molar refractivity (Wildman–Crippen MR) is 129 cm³/mol. The van der Waals surface area contributed by atoms with Crippen LogP contribution in [0.3, 0.4) is 0 Å². The third-order valence-electron chi connectivity index (χ3n) is 6.48. The number of hydrogen-bond donors (Lipinski definition) is 2. The van der Waals surface area contributed by atoms with Crippen molar-refractivity contribution in [1.29, 1.82) is 0 Å². The number of hydrogen-bond acceptors (Lipinski definition) is 5. The Morgan fingerprint density at radius 3 is 2.53 bits per heavy atom. The number of aryl methyl sites for hydroxylation is 3. The molecule has 9 nitrogen and oxygen atoms in total. The zero-order valence-corrected chi connectivity index (χ0v) is 20.9. The second-order valence-electron chi connectivity index (χ2n) is 8.93. The summed E-state index contributed by atoms with van der Waals surface area (Å²) in [5.74, 6) is -2.63. The van der Waals surface area contributed by atoms with E-state index in [2.05, 4.69) is 9.97 Å². The van der Waals surface area contributed by atoms with Crippen LogP contribution in [0.15, 0.2) is 48.6 Å². The number of carbonyl (C=O) groups is 3. The van der Waals surface area contributed by atoms with Crippen molar-refractivity contribution >= 4 is 23.4 Å². The Hall–Kier alpha value is -4.14. The van der Waals surface area contributed by atoms with E-state index in [0.717, 1.165) is 5.56 Å². The maximum absolute atomic E-state index is 13.9. The van der Waals surface area contributed by atoms with Crippen LogP contribution in [0, 0.1) is 20.8 Å². The Morgan fingerprint density at radius 1 is 1.17 bits per heavy atom. The van der Waals surface area contributed by atoms with Crippen LogP contribution in [0.4, 0.5) is 0 Å². The molecule has 36 heavy (non-hydrogen) atoms. The first-order valence-electron chi connectivity index (χ1n) is 12.0. The third-order valence-corrected chi connectivity index (χ3v) is 6.48. The topological polar surface area (TPSA) is 122 Å². The highest BCUT2D eigenvalue weighted by Crippen LogP contribution is 2.40. The van der Waals surface area contributed by atoms with Crippen LogP contribution in [-0.4, -0.2) is 45.7 Å². The van der Waals surface area contributed by atoms with Gasteiger partial charge in [-0.25, -0.2) is 9.36 Å². The van der Waals surface area contributed by atoms with Crippen molar-refractivity contribution in [2.45, 2.75) is 46.7 Å². The minimum atomic E-state index is -0.811. The van der Waals surface area contributed by atoms with Crippen LogP contribution in [-0.2, 0) is 20.9 Å². The molecule has 1 atom stereocenters. The minimum Gasteiger partial charge on any atom is -0.872 e. The first-order valence-corrected chi connectivity index (χ1v) is 12.0. The average Bonchev–Trinajstić information content (AvgIpc) is 3.53.